The second kappa shape index (κ2) is 7.31. The standard InChI is InChI=1S/C12H14Cl2N2O4/c1-2-3-7(12(17)18)6-15-11-9(13)4-8(16(19)20)5-10(11)14/h4-5,7,15H,2-3,6H2,1H3,(H,17,18). The van der Waals surface area contributed by atoms with Crippen molar-refractivity contribution in [1.82, 2.24) is 0 Å². The first-order valence-electron chi connectivity index (χ1n) is 5.96. The van der Waals surface area contributed by atoms with Crippen LogP contribution in [0.4, 0.5) is 11.4 Å². The molecule has 6 nitrogen and oxygen atoms in total. The van der Waals surface area contributed by atoms with E-state index >= 15 is 0 Å². The normalized spacial score (nSPS) is 11.9. The summed E-state index contributed by atoms with van der Waals surface area (Å²) in [5.41, 5.74) is 0.0928. The third kappa shape index (κ3) is 4.25. The molecule has 0 heterocycles. The highest BCUT2D eigenvalue weighted by Gasteiger charge is 2.19. The van der Waals surface area contributed by atoms with E-state index < -0.39 is 16.8 Å². The summed E-state index contributed by atoms with van der Waals surface area (Å²) < 4.78 is 0. The number of carboxylic acids is 1. The van der Waals surface area contributed by atoms with Gasteiger partial charge in [-0.1, -0.05) is 36.5 Å². The predicted octanol–water partition coefficient (Wildman–Crippen LogP) is 3.81. The van der Waals surface area contributed by atoms with E-state index in [9.17, 15) is 14.9 Å². The van der Waals surface area contributed by atoms with E-state index in [0.717, 1.165) is 6.42 Å². The van der Waals surface area contributed by atoms with Crippen LogP contribution >= 0.6 is 23.2 Å². The largest absolute Gasteiger partial charge is 0.481 e. The van der Waals surface area contributed by atoms with Gasteiger partial charge in [0.25, 0.3) is 5.69 Å². The van der Waals surface area contributed by atoms with Gasteiger partial charge in [0.05, 0.1) is 26.6 Å². The van der Waals surface area contributed by atoms with Crippen LogP contribution in [0.2, 0.25) is 10.0 Å². The molecular weight excluding hydrogens is 307 g/mol. The number of anilines is 1. The average Bonchev–Trinajstić information content (AvgIpc) is 2.35. The van der Waals surface area contributed by atoms with Crippen LogP contribution < -0.4 is 5.32 Å². The Morgan fingerprint density at radius 1 is 1.45 bits per heavy atom. The van der Waals surface area contributed by atoms with Crippen molar-refractivity contribution >= 4 is 40.5 Å². The minimum absolute atomic E-state index is 0.0878. The minimum atomic E-state index is -0.909. The topological polar surface area (TPSA) is 92.5 Å². The molecule has 2 N–H and O–H groups in total. The van der Waals surface area contributed by atoms with Crippen LogP contribution in [0.15, 0.2) is 12.1 Å². The first-order valence-corrected chi connectivity index (χ1v) is 6.72. The van der Waals surface area contributed by atoms with E-state index in [0.29, 0.717) is 12.1 Å². The van der Waals surface area contributed by atoms with Gasteiger partial charge in [0.2, 0.25) is 0 Å². The monoisotopic (exact) mass is 320 g/mol. The number of halogens is 2. The first kappa shape index (κ1) is 16.5. The molecule has 0 aliphatic carbocycles. The molecule has 1 aromatic carbocycles. The molecule has 110 valence electrons. The molecule has 0 aromatic heterocycles. The zero-order valence-corrected chi connectivity index (χ0v) is 12.2. The molecule has 0 saturated carbocycles. The van der Waals surface area contributed by atoms with Gasteiger partial charge in [-0.15, -0.1) is 0 Å². The van der Waals surface area contributed by atoms with Crippen molar-refractivity contribution in [3.8, 4) is 0 Å². The van der Waals surface area contributed by atoms with Crippen molar-refractivity contribution in [1.29, 1.82) is 0 Å². The second-order valence-corrected chi connectivity index (χ2v) is 5.06. The van der Waals surface area contributed by atoms with Crippen LogP contribution in [0.3, 0.4) is 0 Å². The summed E-state index contributed by atoms with van der Waals surface area (Å²) in [6.45, 7) is 2.04. The van der Waals surface area contributed by atoms with Gasteiger partial charge in [-0.05, 0) is 6.42 Å². The van der Waals surface area contributed by atoms with E-state index in [1.165, 1.54) is 12.1 Å². The van der Waals surface area contributed by atoms with Crippen molar-refractivity contribution in [3.63, 3.8) is 0 Å². The van der Waals surface area contributed by atoms with Crippen LogP contribution in [-0.2, 0) is 4.79 Å². The Hall–Kier alpha value is -1.53. The van der Waals surface area contributed by atoms with E-state index in [-0.39, 0.29) is 22.3 Å². The Morgan fingerprint density at radius 3 is 2.40 bits per heavy atom. The van der Waals surface area contributed by atoms with Gasteiger partial charge < -0.3 is 10.4 Å². The number of rotatable bonds is 7. The number of hydrogen-bond donors (Lipinski definition) is 2. The fourth-order valence-electron chi connectivity index (χ4n) is 1.72. The number of nitro benzene ring substituents is 1. The highest BCUT2D eigenvalue weighted by Crippen LogP contribution is 2.34. The zero-order valence-electron chi connectivity index (χ0n) is 10.7. The fraction of sp³-hybridized carbons (Fsp3) is 0.417. The number of benzene rings is 1. The number of nitrogens with one attached hydrogen (secondary N) is 1. The van der Waals surface area contributed by atoms with Crippen molar-refractivity contribution in [3.05, 3.63) is 32.3 Å². The number of carboxylic acid groups (broad SMARTS) is 1. The lowest BCUT2D eigenvalue weighted by molar-refractivity contribution is -0.384. The lowest BCUT2D eigenvalue weighted by Crippen LogP contribution is -2.23. The third-order valence-electron chi connectivity index (χ3n) is 2.75. The minimum Gasteiger partial charge on any atom is -0.481 e. The molecule has 0 bridgehead atoms. The van der Waals surface area contributed by atoms with Crippen LogP contribution in [-0.4, -0.2) is 22.5 Å². The molecule has 0 spiro atoms. The second-order valence-electron chi connectivity index (χ2n) is 4.25. The number of nitrogens with zero attached hydrogens (tertiary/aromatic N) is 1. The summed E-state index contributed by atoms with van der Waals surface area (Å²) in [6, 6.07) is 2.34. The Morgan fingerprint density at radius 2 is 2.00 bits per heavy atom. The van der Waals surface area contributed by atoms with Crippen molar-refractivity contribution in [2.45, 2.75) is 19.8 Å². The number of carbonyl (C=O) groups is 1. The van der Waals surface area contributed by atoms with Crippen molar-refractivity contribution < 1.29 is 14.8 Å². The van der Waals surface area contributed by atoms with Crippen LogP contribution in [0, 0.1) is 16.0 Å². The fourth-order valence-corrected chi connectivity index (χ4v) is 2.33. The van der Waals surface area contributed by atoms with Crippen molar-refractivity contribution in [2.75, 3.05) is 11.9 Å². The Bertz CT molecular complexity index is 499. The number of non-ortho nitro benzene ring substituents is 1. The number of hydrogen-bond acceptors (Lipinski definition) is 4. The highest BCUT2D eigenvalue weighted by molar-refractivity contribution is 6.39. The maximum absolute atomic E-state index is 11.0. The average molecular weight is 321 g/mol. The molecule has 0 saturated heterocycles. The van der Waals surface area contributed by atoms with Crippen LogP contribution in [0.25, 0.3) is 0 Å². The maximum atomic E-state index is 11.0. The molecular formula is C12H14Cl2N2O4. The molecule has 20 heavy (non-hydrogen) atoms. The molecule has 1 atom stereocenters. The lowest BCUT2D eigenvalue weighted by Gasteiger charge is -2.15. The van der Waals surface area contributed by atoms with Gasteiger partial charge in [0.1, 0.15) is 0 Å². The smallest absolute Gasteiger partial charge is 0.308 e. The summed E-state index contributed by atoms with van der Waals surface area (Å²) in [7, 11) is 0. The molecule has 0 aliphatic heterocycles. The molecule has 0 aliphatic rings. The Kier molecular flexibility index (Phi) is 6.04. The highest BCUT2D eigenvalue weighted by atomic mass is 35.5. The van der Waals surface area contributed by atoms with Gasteiger partial charge >= 0.3 is 5.97 Å². The third-order valence-corrected chi connectivity index (χ3v) is 3.35. The summed E-state index contributed by atoms with van der Waals surface area (Å²) in [5, 5.41) is 22.7. The molecule has 0 amide bonds. The SMILES string of the molecule is CCCC(CNc1c(Cl)cc([N+](=O)[O-])cc1Cl)C(=O)O. The lowest BCUT2D eigenvalue weighted by atomic mass is 10.0. The van der Waals surface area contributed by atoms with Crippen LogP contribution in [0.5, 0.6) is 0 Å². The zero-order chi connectivity index (χ0) is 15.3. The summed E-state index contributed by atoms with van der Waals surface area (Å²) in [6.07, 6.45) is 1.25. The van der Waals surface area contributed by atoms with Gasteiger partial charge in [0.15, 0.2) is 0 Å². The van der Waals surface area contributed by atoms with E-state index in [4.69, 9.17) is 28.3 Å². The summed E-state index contributed by atoms with van der Waals surface area (Å²) >= 11 is 11.8. The number of aliphatic carboxylic acids is 1. The van der Waals surface area contributed by atoms with Gasteiger partial charge in [-0.3, -0.25) is 14.9 Å². The Labute approximate surface area is 125 Å². The number of nitro groups is 1. The van der Waals surface area contributed by atoms with Gasteiger partial charge in [0, 0.05) is 18.7 Å². The molecule has 0 fully saturated rings. The first-order chi connectivity index (χ1) is 9.36. The van der Waals surface area contributed by atoms with E-state index in [1.807, 2.05) is 6.92 Å². The Balaban J connectivity index is 2.87. The molecule has 8 heteroatoms. The van der Waals surface area contributed by atoms with Gasteiger partial charge in [-0.2, -0.15) is 0 Å². The van der Waals surface area contributed by atoms with Crippen LogP contribution in [0.1, 0.15) is 19.8 Å². The summed E-state index contributed by atoms with van der Waals surface area (Å²) in [5.74, 6) is -1.48. The summed E-state index contributed by atoms with van der Waals surface area (Å²) in [4.78, 5) is 21.1. The molecule has 1 unspecified atom stereocenters. The quantitative estimate of drug-likeness (QED) is 0.588. The van der Waals surface area contributed by atoms with E-state index in [2.05, 4.69) is 5.32 Å². The van der Waals surface area contributed by atoms with Gasteiger partial charge in [-0.25, -0.2) is 0 Å². The van der Waals surface area contributed by atoms with Crippen molar-refractivity contribution in [2.24, 2.45) is 5.92 Å². The molecule has 1 rings (SSSR count). The molecule has 0 radical (unpaired) electrons. The maximum Gasteiger partial charge on any atom is 0.308 e. The molecule has 1 aromatic rings. The van der Waals surface area contributed by atoms with E-state index in [1.54, 1.807) is 0 Å². The predicted molar refractivity (Wildman–Crippen MR) is 77.6 cm³/mol.